The minimum absolute atomic E-state index is 0.0327. The second-order valence-corrected chi connectivity index (χ2v) is 4.26. The van der Waals surface area contributed by atoms with Crippen molar-refractivity contribution in [3.63, 3.8) is 0 Å². The van der Waals surface area contributed by atoms with Crippen LogP contribution in [-0.4, -0.2) is 18.6 Å². The summed E-state index contributed by atoms with van der Waals surface area (Å²) in [6, 6.07) is 0.492. The van der Waals surface area contributed by atoms with Crippen molar-refractivity contribution in [1.29, 1.82) is 0 Å². The second-order valence-electron chi connectivity index (χ2n) is 4.26. The van der Waals surface area contributed by atoms with E-state index in [1.54, 1.807) is 0 Å². The van der Waals surface area contributed by atoms with Crippen molar-refractivity contribution in [2.24, 2.45) is 5.92 Å². The average molecular weight is 182 g/mol. The van der Waals surface area contributed by atoms with E-state index in [-0.39, 0.29) is 6.03 Å². The van der Waals surface area contributed by atoms with Gasteiger partial charge in [0.25, 0.3) is 0 Å². The fourth-order valence-electron chi connectivity index (χ4n) is 1.59. The van der Waals surface area contributed by atoms with Gasteiger partial charge in [-0.1, -0.05) is 12.8 Å². The Morgan fingerprint density at radius 2 is 2.00 bits per heavy atom. The first-order valence-corrected chi connectivity index (χ1v) is 5.39. The van der Waals surface area contributed by atoms with Crippen LogP contribution in [0.4, 0.5) is 4.79 Å². The molecule has 0 radical (unpaired) electrons. The Morgan fingerprint density at radius 1 is 1.23 bits per heavy atom. The summed E-state index contributed by atoms with van der Waals surface area (Å²) in [5.74, 6) is 0.906. The highest BCUT2D eigenvalue weighted by molar-refractivity contribution is 5.74. The second kappa shape index (κ2) is 3.99. The van der Waals surface area contributed by atoms with Crippen LogP contribution < -0.4 is 10.6 Å². The molecule has 74 valence electrons. The quantitative estimate of drug-likeness (QED) is 0.681. The van der Waals surface area contributed by atoms with Crippen molar-refractivity contribution in [1.82, 2.24) is 10.6 Å². The zero-order chi connectivity index (χ0) is 9.10. The van der Waals surface area contributed by atoms with Crippen LogP contribution in [0.25, 0.3) is 0 Å². The molecule has 0 spiro atoms. The molecule has 0 aromatic heterocycles. The Kier molecular flexibility index (Phi) is 2.71. The van der Waals surface area contributed by atoms with Gasteiger partial charge in [-0.3, -0.25) is 0 Å². The van der Waals surface area contributed by atoms with Crippen molar-refractivity contribution in [2.45, 2.75) is 44.6 Å². The number of carbonyl (C=O) groups excluding carboxylic acids is 1. The van der Waals surface area contributed by atoms with Crippen LogP contribution in [0.2, 0.25) is 0 Å². The Balaban J connectivity index is 1.49. The maximum Gasteiger partial charge on any atom is 0.315 e. The van der Waals surface area contributed by atoms with Crippen molar-refractivity contribution in [3.8, 4) is 0 Å². The molecule has 2 aliphatic rings. The number of hydrogen-bond acceptors (Lipinski definition) is 1. The summed E-state index contributed by atoms with van der Waals surface area (Å²) in [6.07, 6.45) is 7.50. The molecular formula is C10H18N2O. The molecular weight excluding hydrogens is 164 g/mol. The lowest BCUT2D eigenvalue weighted by Crippen LogP contribution is -2.45. The standard InChI is InChI=1S/C10H18N2O/c13-10(12-9-2-1-3-9)11-7-6-8-4-5-8/h8-9H,1-7H2,(H2,11,12,13). The minimum Gasteiger partial charge on any atom is -0.338 e. The number of carbonyl (C=O) groups is 1. The Bertz CT molecular complexity index is 185. The van der Waals surface area contributed by atoms with E-state index in [0.717, 1.165) is 31.7 Å². The molecule has 2 rings (SSSR count). The van der Waals surface area contributed by atoms with E-state index in [2.05, 4.69) is 10.6 Å². The Labute approximate surface area is 79.3 Å². The van der Waals surface area contributed by atoms with Crippen LogP contribution in [0.3, 0.4) is 0 Å². The average Bonchev–Trinajstić information content (AvgIpc) is 2.81. The van der Waals surface area contributed by atoms with Crippen LogP contribution in [0.1, 0.15) is 38.5 Å². The minimum atomic E-state index is 0.0327. The Morgan fingerprint density at radius 3 is 2.54 bits per heavy atom. The van der Waals surface area contributed by atoms with Crippen molar-refractivity contribution in [2.75, 3.05) is 6.54 Å². The summed E-state index contributed by atoms with van der Waals surface area (Å²) >= 11 is 0. The molecule has 0 aromatic rings. The zero-order valence-electron chi connectivity index (χ0n) is 8.01. The highest BCUT2D eigenvalue weighted by Crippen LogP contribution is 2.31. The van der Waals surface area contributed by atoms with E-state index in [4.69, 9.17) is 0 Å². The molecule has 0 saturated heterocycles. The van der Waals surface area contributed by atoms with Crippen LogP contribution in [-0.2, 0) is 0 Å². The largest absolute Gasteiger partial charge is 0.338 e. The van der Waals surface area contributed by atoms with Gasteiger partial charge < -0.3 is 10.6 Å². The topological polar surface area (TPSA) is 41.1 Å². The first-order valence-electron chi connectivity index (χ1n) is 5.39. The van der Waals surface area contributed by atoms with Crippen LogP contribution in [0.5, 0.6) is 0 Å². The molecule has 0 heterocycles. The lowest BCUT2D eigenvalue weighted by molar-refractivity contribution is 0.228. The van der Waals surface area contributed by atoms with Crippen LogP contribution in [0.15, 0.2) is 0 Å². The molecule has 2 fully saturated rings. The van der Waals surface area contributed by atoms with E-state index in [1.165, 1.54) is 19.3 Å². The molecule has 0 aliphatic heterocycles. The van der Waals surface area contributed by atoms with Crippen molar-refractivity contribution < 1.29 is 4.79 Å². The number of hydrogen-bond donors (Lipinski definition) is 2. The maximum atomic E-state index is 11.2. The first kappa shape index (κ1) is 8.85. The summed E-state index contributed by atoms with van der Waals surface area (Å²) in [5.41, 5.74) is 0. The van der Waals surface area contributed by atoms with Gasteiger partial charge in [-0.2, -0.15) is 0 Å². The maximum absolute atomic E-state index is 11.2. The summed E-state index contributed by atoms with van der Waals surface area (Å²) in [4.78, 5) is 11.2. The van der Waals surface area contributed by atoms with Gasteiger partial charge in [0.05, 0.1) is 0 Å². The van der Waals surface area contributed by atoms with E-state index < -0.39 is 0 Å². The van der Waals surface area contributed by atoms with Gasteiger partial charge in [-0.15, -0.1) is 0 Å². The third-order valence-corrected chi connectivity index (χ3v) is 2.98. The van der Waals surface area contributed by atoms with Gasteiger partial charge in [0.2, 0.25) is 0 Å². The normalized spacial score (nSPS) is 22.2. The number of rotatable bonds is 4. The molecule has 13 heavy (non-hydrogen) atoms. The molecule has 2 saturated carbocycles. The summed E-state index contributed by atoms with van der Waals surface area (Å²) in [7, 11) is 0. The van der Waals surface area contributed by atoms with Crippen LogP contribution >= 0.6 is 0 Å². The molecule has 2 amide bonds. The highest BCUT2D eigenvalue weighted by atomic mass is 16.2. The summed E-state index contributed by atoms with van der Waals surface area (Å²) < 4.78 is 0. The molecule has 3 nitrogen and oxygen atoms in total. The van der Waals surface area contributed by atoms with Gasteiger partial charge in [-0.25, -0.2) is 4.79 Å². The van der Waals surface area contributed by atoms with E-state index >= 15 is 0 Å². The van der Waals surface area contributed by atoms with Gasteiger partial charge in [0.15, 0.2) is 0 Å². The van der Waals surface area contributed by atoms with Crippen LogP contribution in [0, 0.1) is 5.92 Å². The smallest absolute Gasteiger partial charge is 0.315 e. The predicted octanol–water partition coefficient (Wildman–Crippen LogP) is 1.64. The predicted molar refractivity (Wildman–Crippen MR) is 51.5 cm³/mol. The molecule has 0 atom stereocenters. The lowest BCUT2D eigenvalue weighted by Gasteiger charge is -2.26. The third kappa shape index (κ3) is 2.90. The third-order valence-electron chi connectivity index (χ3n) is 2.98. The molecule has 2 aliphatic carbocycles. The monoisotopic (exact) mass is 182 g/mol. The van der Waals surface area contributed by atoms with E-state index in [0.29, 0.717) is 6.04 Å². The van der Waals surface area contributed by atoms with Gasteiger partial charge in [0, 0.05) is 12.6 Å². The molecule has 3 heteroatoms. The lowest BCUT2D eigenvalue weighted by atomic mass is 9.93. The fraction of sp³-hybridized carbons (Fsp3) is 0.900. The molecule has 0 aromatic carbocycles. The molecule has 0 unspecified atom stereocenters. The zero-order valence-corrected chi connectivity index (χ0v) is 8.01. The molecule has 0 bridgehead atoms. The summed E-state index contributed by atoms with van der Waals surface area (Å²) in [6.45, 7) is 0.850. The van der Waals surface area contributed by atoms with Gasteiger partial charge >= 0.3 is 6.03 Å². The first-order chi connectivity index (χ1) is 6.34. The Hall–Kier alpha value is -0.730. The number of urea groups is 1. The summed E-state index contributed by atoms with van der Waals surface area (Å²) in [5, 5.41) is 5.86. The number of amides is 2. The SMILES string of the molecule is O=C(NCCC1CC1)NC1CCC1. The van der Waals surface area contributed by atoms with E-state index in [1.807, 2.05) is 0 Å². The molecule has 2 N–H and O–H groups in total. The van der Waals surface area contributed by atoms with Gasteiger partial charge in [-0.05, 0) is 31.6 Å². The van der Waals surface area contributed by atoms with Gasteiger partial charge in [0.1, 0.15) is 0 Å². The number of nitrogens with one attached hydrogen (secondary N) is 2. The van der Waals surface area contributed by atoms with Crippen molar-refractivity contribution >= 4 is 6.03 Å². The van der Waals surface area contributed by atoms with E-state index in [9.17, 15) is 4.79 Å². The van der Waals surface area contributed by atoms with Crippen molar-refractivity contribution in [3.05, 3.63) is 0 Å². The fourth-order valence-corrected chi connectivity index (χ4v) is 1.59. The highest BCUT2D eigenvalue weighted by Gasteiger charge is 2.21.